The van der Waals surface area contributed by atoms with Crippen molar-refractivity contribution >= 4 is 17.9 Å². The fourth-order valence-electron chi connectivity index (χ4n) is 9.14. The van der Waals surface area contributed by atoms with Gasteiger partial charge in [-0.3, -0.25) is 4.79 Å². The predicted molar refractivity (Wildman–Crippen MR) is 153 cm³/mol. The number of nitrogens with zero attached hydrogens (tertiary/aromatic N) is 3. The Morgan fingerprint density at radius 2 is 1.52 bits per heavy atom. The molecule has 0 aromatic carbocycles. The Balaban J connectivity index is 0.000000440. The van der Waals surface area contributed by atoms with Gasteiger partial charge in [0.15, 0.2) is 0 Å². The lowest BCUT2D eigenvalue weighted by Gasteiger charge is -2.64. The van der Waals surface area contributed by atoms with Gasteiger partial charge in [0.2, 0.25) is 0 Å². The van der Waals surface area contributed by atoms with Crippen LogP contribution in [-0.4, -0.2) is 65.7 Å². The molecule has 0 spiro atoms. The van der Waals surface area contributed by atoms with Crippen molar-refractivity contribution in [1.82, 2.24) is 0 Å². The number of halogens is 6. The molecule has 11 nitrogen and oxygen atoms in total. The molecule has 264 valence electrons. The number of carboxylic acid groups (broad SMARTS) is 2. The van der Waals surface area contributed by atoms with Gasteiger partial charge in [0.05, 0.1) is 7.11 Å². The molecular formula is C29H45F6N5O6. The first-order chi connectivity index (χ1) is 21.0. The summed E-state index contributed by atoms with van der Waals surface area (Å²) in [5.74, 6) is -2.48. The Hall–Kier alpha value is -2.78. The van der Waals surface area contributed by atoms with Gasteiger partial charge in [-0.25, -0.2) is 9.59 Å². The molecule has 6 N–H and O–H groups in total. The average Bonchev–Trinajstić information content (AvgIpc) is 3.31. The van der Waals surface area contributed by atoms with Crippen molar-refractivity contribution in [2.24, 2.45) is 62.9 Å². The van der Waals surface area contributed by atoms with Gasteiger partial charge in [-0.2, -0.15) is 26.3 Å². The minimum Gasteiger partial charge on any atom is -0.475 e. The Kier molecular flexibility index (Phi) is 12.8. The SMILES string of the molecule is COC(=O)CC[C@@H](C)[C@H]1CC[C@H]2[C@@H]3[C@H](N)C[C@@H]4C[C@H](N=[N+]=[N-])CC[C@]4(C)[C@H]3C[C@H](N)[C@]12C.O=C(O)C(F)(F)F.O=C(O)C(F)(F)F. The van der Waals surface area contributed by atoms with Gasteiger partial charge in [0.1, 0.15) is 0 Å². The third kappa shape index (κ3) is 8.57. The average molecular weight is 674 g/mol. The number of esters is 1. The smallest absolute Gasteiger partial charge is 0.475 e. The van der Waals surface area contributed by atoms with Gasteiger partial charge < -0.3 is 26.4 Å². The third-order valence-electron chi connectivity index (χ3n) is 11.4. The summed E-state index contributed by atoms with van der Waals surface area (Å²) in [6.07, 6.45) is -1.26. The van der Waals surface area contributed by atoms with Crippen molar-refractivity contribution < 1.29 is 55.7 Å². The van der Waals surface area contributed by atoms with Gasteiger partial charge in [-0.05, 0) is 103 Å². The van der Waals surface area contributed by atoms with E-state index in [1.165, 1.54) is 20.0 Å². The van der Waals surface area contributed by atoms with Crippen LogP contribution < -0.4 is 11.5 Å². The van der Waals surface area contributed by atoms with Gasteiger partial charge in [0.25, 0.3) is 0 Å². The second kappa shape index (κ2) is 15.0. The molecule has 0 aromatic rings. The second-order valence-electron chi connectivity index (χ2n) is 13.6. The number of nitrogens with two attached hydrogens (primary N) is 2. The fraction of sp³-hybridized carbons (Fsp3) is 0.897. The predicted octanol–water partition coefficient (Wildman–Crippen LogP) is 6.05. The van der Waals surface area contributed by atoms with Crippen LogP contribution in [0.3, 0.4) is 0 Å². The van der Waals surface area contributed by atoms with E-state index < -0.39 is 24.3 Å². The second-order valence-corrected chi connectivity index (χ2v) is 13.6. The summed E-state index contributed by atoms with van der Waals surface area (Å²) >= 11 is 0. The van der Waals surface area contributed by atoms with Gasteiger partial charge in [-0.1, -0.05) is 25.9 Å². The summed E-state index contributed by atoms with van der Waals surface area (Å²) in [5.41, 5.74) is 23.3. The number of azide groups is 1. The van der Waals surface area contributed by atoms with E-state index in [-0.39, 0.29) is 34.9 Å². The van der Waals surface area contributed by atoms with Crippen LogP contribution in [-0.2, 0) is 19.1 Å². The van der Waals surface area contributed by atoms with E-state index >= 15 is 0 Å². The lowest BCUT2D eigenvalue weighted by Crippen LogP contribution is -2.65. The normalized spacial score (nSPS) is 37.2. The molecule has 17 heteroatoms. The number of alkyl halides is 6. The molecule has 0 aliphatic heterocycles. The minimum atomic E-state index is -5.08. The first kappa shape index (κ1) is 39.4. The summed E-state index contributed by atoms with van der Waals surface area (Å²) in [4.78, 5) is 32.6. The van der Waals surface area contributed by atoms with Crippen LogP contribution in [0.4, 0.5) is 26.3 Å². The minimum absolute atomic E-state index is 0.0832. The number of hydrogen-bond acceptors (Lipinski definition) is 7. The highest BCUT2D eigenvalue weighted by Gasteiger charge is 2.64. The number of rotatable bonds is 5. The molecular weight excluding hydrogens is 628 g/mol. The number of hydrogen-bond donors (Lipinski definition) is 4. The van der Waals surface area contributed by atoms with Crippen LogP contribution in [0.15, 0.2) is 5.11 Å². The molecule has 11 atom stereocenters. The number of carboxylic acids is 2. The van der Waals surface area contributed by atoms with Crippen molar-refractivity contribution in [2.75, 3.05) is 7.11 Å². The van der Waals surface area contributed by atoms with Crippen LogP contribution in [0.5, 0.6) is 0 Å². The maximum Gasteiger partial charge on any atom is 0.490 e. The topological polar surface area (TPSA) is 202 Å². The number of ether oxygens (including phenoxy) is 1. The van der Waals surface area contributed by atoms with Crippen molar-refractivity contribution in [3.63, 3.8) is 0 Å². The highest BCUT2D eigenvalue weighted by Crippen LogP contribution is 2.68. The largest absolute Gasteiger partial charge is 0.490 e. The first-order valence-corrected chi connectivity index (χ1v) is 15.3. The van der Waals surface area contributed by atoms with E-state index in [4.69, 9.17) is 41.5 Å². The Labute approximate surface area is 263 Å². The Morgan fingerprint density at radius 3 is 2.00 bits per heavy atom. The van der Waals surface area contributed by atoms with Gasteiger partial charge >= 0.3 is 30.3 Å². The zero-order chi connectivity index (χ0) is 35.4. The molecule has 46 heavy (non-hydrogen) atoms. The molecule has 4 saturated carbocycles. The lowest BCUT2D eigenvalue weighted by atomic mass is 9.42. The number of carbonyl (C=O) groups excluding carboxylic acids is 1. The van der Waals surface area contributed by atoms with E-state index in [0.29, 0.717) is 41.9 Å². The van der Waals surface area contributed by atoms with Crippen molar-refractivity contribution in [3.05, 3.63) is 10.4 Å². The summed E-state index contributed by atoms with van der Waals surface area (Å²) < 4.78 is 68.4. The molecule has 4 rings (SSSR count). The molecule has 0 bridgehead atoms. The molecule has 4 fully saturated rings. The molecule has 0 radical (unpaired) electrons. The summed E-state index contributed by atoms with van der Waals surface area (Å²) in [6, 6.07) is 0.485. The van der Waals surface area contributed by atoms with Crippen LogP contribution in [0.2, 0.25) is 0 Å². The van der Waals surface area contributed by atoms with Crippen LogP contribution in [0.25, 0.3) is 10.4 Å². The molecule has 4 aliphatic carbocycles. The maximum atomic E-state index is 11.7. The zero-order valence-corrected chi connectivity index (χ0v) is 26.4. The highest BCUT2D eigenvalue weighted by molar-refractivity contribution is 5.73. The quantitative estimate of drug-likeness (QED) is 0.0887. The van der Waals surface area contributed by atoms with Crippen molar-refractivity contribution in [1.29, 1.82) is 0 Å². The fourth-order valence-corrected chi connectivity index (χ4v) is 9.14. The Morgan fingerprint density at radius 1 is 0.978 bits per heavy atom. The number of methoxy groups -OCH3 is 1. The van der Waals surface area contributed by atoms with Gasteiger partial charge in [0, 0.05) is 29.5 Å². The van der Waals surface area contributed by atoms with Crippen LogP contribution in [0.1, 0.15) is 78.6 Å². The summed E-state index contributed by atoms with van der Waals surface area (Å²) in [5, 5.41) is 18.3. The Bertz CT molecular complexity index is 1130. The highest BCUT2D eigenvalue weighted by atomic mass is 19.4. The standard InChI is InChI=1S/C25H43N5O2.2C2HF3O2/c1-14(5-8-22(31)32-4)17-6-7-18-23-19(13-21(27)25(17,18)3)24(2)10-9-16(29-30-28)11-15(24)12-20(23)26;2*3-2(4,5)1(6)7/h14-21,23H,5-13,26-27H2,1-4H3;2*(H,6,7)/t14-,15+,16-,17-,18+,19+,20-,21+,23+,24+,25-;;/m1../s1. The molecule has 0 unspecified atom stereocenters. The van der Waals surface area contributed by atoms with Gasteiger partial charge in [-0.15, -0.1) is 0 Å². The van der Waals surface area contributed by atoms with E-state index in [0.717, 1.165) is 38.5 Å². The third-order valence-corrected chi connectivity index (χ3v) is 11.4. The number of fused-ring (bicyclic) bond motifs is 5. The monoisotopic (exact) mass is 673 g/mol. The molecule has 0 saturated heterocycles. The van der Waals surface area contributed by atoms with Crippen LogP contribution in [0, 0.1) is 46.3 Å². The van der Waals surface area contributed by atoms with E-state index in [2.05, 4.69) is 30.8 Å². The molecule has 0 heterocycles. The summed E-state index contributed by atoms with van der Waals surface area (Å²) in [6.45, 7) is 7.22. The van der Waals surface area contributed by atoms with E-state index in [1.807, 2.05) is 0 Å². The number of aliphatic carboxylic acids is 2. The molecule has 0 aromatic heterocycles. The summed E-state index contributed by atoms with van der Waals surface area (Å²) in [7, 11) is 1.47. The first-order valence-electron chi connectivity index (χ1n) is 15.3. The number of carbonyl (C=O) groups is 3. The lowest BCUT2D eigenvalue weighted by molar-refractivity contribution is -0.193. The molecule has 0 amide bonds. The van der Waals surface area contributed by atoms with Crippen molar-refractivity contribution in [3.8, 4) is 0 Å². The van der Waals surface area contributed by atoms with E-state index in [1.54, 1.807) is 0 Å². The zero-order valence-electron chi connectivity index (χ0n) is 26.4. The molecule has 4 aliphatic rings. The maximum absolute atomic E-state index is 11.7. The van der Waals surface area contributed by atoms with Crippen molar-refractivity contribution in [2.45, 2.75) is 109 Å². The van der Waals surface area contributed by atoms with Crippen LogP contribution >= 0.6 is 0 Å². The van der Waals surface area contributed by atoms with E-state index in [9.17, 15) is 31.1 Å².